The van der Waals surface area contributed by atoms with Crippen LogP contribution in [0.5, 0.6) is 0 Å². The van der Waals surface area contributed by atoms with E-state index < -0.39 is 0 Å². The Morgan fingerprint density at radius 1 is 1.36 bits per heavy atom. The van der Waals surface area contributed by atoms with Crippen molar-refractivity contribution in [3.63, 3.8) is 0 Å². The third-order valence-electron chi connectivity index (χ3n) is 1.72. The Labute approximate surface area is 89.9 Å². The van der Waals surface area contributed by atoms with E-state index in [1.807, 2.05) is 31.2 Å². The fourth-order valence-corrected chi connectivity index (χ4v) is 0.918. The molecule has 0 spiro atoms. The van der Waals surface area contributed by atoms with Gasteiger partial charge in [-0.25, -0.2) is 0 Å². The molecule has 1 N–H and O–H groups in total. The maximum absolute atomic E-state index is 10.8. The summed E-state index contributed by atoms with van der Waals surface area (Å²) in [5.74, 6) is -0.263. The van der Waals surface area contributed by atoms with Crippen molar-refractivity contribution >= 4 is 24.1 Å². The van der Waals surface area contributed by atoms with Crippen molar-refractivity contribution in [2.45, 2.75) is 6.92 Å². The highest BCUT2D eigenvalue weighted by Gasteiger charge is 1.98. The number of halogens is 1. The smallest absolute Gasteiger partial charge is 0.325 e. The molecule has 0 atom stereocenters. The molecular formula is C10H14ClNO2. The average Bonchev–Trinajstić information content (AvgIpc) is 2.16. The highest BCUT2D eigenvalue weighted by molar-refractivity contribution is 5.85. The standard InChI is InChI=1S/C10H13NO2.ClH/c1-8-3-5-9(6-4-8)11-7-10(12)13-2;/h3-6,11H,7H2,1-2H3;1H. The lowest BCUT2D eigenvalue weighted by molar-refractivity contribution is -0.138. The second-order valence-electron chi connectivity index (χ2n) is 2.80. The van der Waals surface area contributed by atoms with Crippen LogP contribution in [0.1, 0.15) is 5.56 Å². The molecule has 0 saturated carbocycles. The summed E-state index contributed by atoms with van der Waals surface area (Å²) >= 11 is 0. The molecule has 1 aromatic carbocycles. The molecule has 0 aliphatic rings. The van der Waals surface area contributed by atoms with Gasteiger partial charge < -0.3 is 10.1 Å². The maximum Gasteiger partial charge on any atom is 0.325 e. The number of ether oxygens (including phenoxy) is 1. The van der Waals surface area contributed by atoms with E-state index in [-0.39, 0.29) is 24.9 Å². The van der Waals surface area contributed by atoms with Crippen LogP contribution in [0.15, 0.2) is 24.3 Å². The number of anilines is 1. The van der Waals surface area contributed by atoms with Crippen molar-refractivity contribution in [3.8, 4) is 0 Å². The quantitative estimate of drug-likeness (QED) is 0.784. The van der Waals surface area contributed by atoms with Crippen LogP contribution in [0.2, 0.25) is 0 Å². The number of hydrogen-bond donors (Lipinski definition) is 1. The summed E-state index contributed by atoms with van der Waals surface area (Å²) in [6.45, 7) is 2.23. The molecule has 0 unspecified atom stereocenters. The van der Waals surface area contributed by atoms with E-state index in [0.29, 0.717) is 0 Å². The van der Waals surface area contributed by atoms with Gasteiger partial charge >= 0.3 is 5.97 Å². The zero-order chi connectivity index (χ0) is 9.68. The number of carbonyl (C=O) groups excluding carboxylic acids is 1. The van der Waals surface area contributed by atoms with Crippen LogP contribution in [0.4, 0.5) is 5.69 Å². The third kappa shape index (κ3) is 4.14. The van der Waals surface area contributed by atoms with Crippen molar-refractivity contribution in [3.05, 3.63) is 29.8 Å². The SMILES string of the molecule is COC(=O)CNc1ccc(C)cc1.Cl. The Balaban J connectivity index is 0.00000169. The van der Waals surface area contributed by atoms with Crippen LogP contribution in [0.25, 0.3) is 0 Å². The molecule has 1 aromatic rings. The molecule has 0 heterocycles. The van der Waals surface area contributed by atoms with Crippen molar-refractivity contribution in [1.29, 1.82) is 0 Å². The lowest BCUT2D eigenvalue weighted by Gasteiger charge is -2.04. The van der Waals surface area contributed by atoms with Crippen LogP contribution in [-0.2, 0) is 9.53 Å². The van der Waals surface area contributed by atoms with Crippen molar-refractivity contribution in [2.24, 2.45) is 0 Å². The van der Waals surface area contributed by atoms with Crippen LogP contribution < -0.4 is 5.32 Å². The van der Waals surface area contributed by atoms with Crippen LogP contribution in [0, 0.1) is 6.92 Å². The number of carbonyl (C=O) groups is 1. The van der Waals surface area contributed by atoms with Gasteiger partial charge in [-0.1, -0.05) is 17.7 Å². The van der Waals surface area contributed by atoms with E-state index in [0.717, 1.165) is 5.69 Å². The summed E-state index contributed by atoms with van der Waals surface area (Å²) in [5, 5.41) is 2.95. The maximum atomic E-state index is 10.8. The second kappa shape index (κ2) is 6.27. The minimum absolute atomic E-state index is 0. The summed E-state index contributed by atoms with van der Waals surface area (Å²) in [6, 6.07) is 7.83. The molecule has 0 fully saturated rings. The first kappa shape index (κ1) is 12.8. The second-order valence-corrected chi connectivity index (χ2v) is 2.80. The molecule has 0 amide bonds. The lowest BCUT2D eigenvalue weighted by Crippen LogP contribution is -2.14. The Bertz CT molecular complexity index is 285. The van der Waals surface area contributed by atoms with Gasteiger partial charge in [0.25, 0.3) is 0 Å². The Hall–Kier alpha value is -1.22. The molecule has 14 heavy (non-hydrogen) atoms. The molecule has 1 rings (SSSR count). The average molecular weight is 216 g/mol. The molecule has 0 aliphatic carbocycles. The predicted molar refractivity (Wildman–Crippen MR) is 58.9 cm³/mol. The van der Waals surface area contributed by atoms with E-state index in [4.69, 9.17) is 0 Å². The van der Waals surface area contributed by atoms with Gasteiger partial charge in [0.05, 0.1) is 7.11 Å². The fourth-order valence-electron chi connectivity index (χ4n) is 0.918. The summed E-state index contributed by atoms with van der Waals surface area (Å²) in [4.78, 5) is 10.8. The molecule has 0 aromatic heterocycles. The fraction of sp³-hybridized carbons (Fsp3) is 0.300. The van der Waals surface area contributed by atoms with Gasteiger partial charge in [-0.3, -0.25) is 4.79 Å². The van der Waals surface area contributed by atoms with Crippen LogP contribution >= 0.6 is 12.4 Å². The molecule has 0 saturated heterocycles. The highest BCUT2D eigenvalue weighted by Crippen LogP contribution is 2.07. The van der Waals surface area contributed by atoms with Crippen molar-refractivity contribution in [2.75, 3.05) is 19.0 Å². The van der Waals surface area contributed by atoms with Gasteiger partial charge in [0.15, 0.2) is 0 Å². The monoisotopic (exact) mass is 215 g/mol. The first-order valence-electron chi connectivity index (χ1n) is 4.09. The largest absolute Gasteiger partial charge is 0.468 e. The number of methoxy groups -OCH3 is 1. The molecule has 78 valence electrons. The van der Waals surface area contributed by atoms with Gasteiger partial charge in [0.1, 0.15) is 6.54 Å². The van der Waals surface area contributed by atoms with Crippen molar-refractivity contribution < 1.29 is 9.53 Å². The van der Waals surface area contributed by atoms with E-state index in [2.05, 4.69) is 10.1 Å². The number of aryl methyl sites for hydroxylation is 1. The first-order chi connectivity index (χ1) is 6.22. The van der Waals surface area contributed by atoms with Gasteiger partial charge in [0, 0.05) is 5.69 Å². The highest BCUT2D eigenvalue weighted by atomic mass is 35.5. The van der Waals surface area contributed by atoms with E-state index >= 15 is 0 Å². The summed E-state index contributed by atoms with van der Waals surface area (Å²) in [7, 11) is 1.37. The Kier molecular flexibility index (Phi) is 5.72. The molecule has 4 heteroatoms. The Morgan fingerprint density at radius 3 is 2.43 bits per heavy atom. The lowest BCUT2D eigenvalue weighted by atomic mass is 10.2. The number of rotatable bonds is 3. The van der Waals surface area contributed by atoms with Crippen LogP contribution in [0.3, 0.4) is 0 Å². The number of esters is 1. The minimum Gasteiger partial charge on any atom is -0.468 e. The molecule has 0 radical (unpaired) electrons. The predicted octanol–water partition coefficient (Wildman–Crippen LogP) is 2.00. The topological polar surface area (TPSA) is 38.3 Å². The third-order valence-corrected chi connectivity index (χ3v) is 1.72. The first-order valence-corrected chi connectivity index (χ1v) is 4.09. The number of nitrogens with one attached hydrogen (secondary N) is 1. The molecule has 0 aliphatic heterocycles. The normalized spacial score (nSPS) is 8.71. The number of benzene rings is 1. The van der Waals surface area contributed by atoms with E-state index in [1.165, 1.54) is 12.7 Å². The van der Waals surface area contributed by atoms with Gasteiger partial charge in [-0.15, -0.1) is 12.4 Å². The molecule has 3 nitrogen and oxygen atoms in total. The zero-order valence-electron chi connectivity index (χ0n) is 8.24. The van der Waals surface area contributed by atoms with E-state index in [9.17, 15) is 4.79 Å². The van der Waals surface area contributed by atoms with E-state index in [1.54, 1.807) is 0 Å². The van der Waals surface area contributed by atoms with Crippen LogP contribution in [-0.4, -0.2) is 19.6 Å². The minimum atomic E-state index is -0.263. The van der Waals surface area contributed by atoms with Gasteiger partial charge in [0.2, 0.25) is 0 Å². The Morgan fingerprint density at radius 2 is 1.93 bits per heavy atom. The zero-order valence-corrected chi connectivity index (χ0v) is 9.06. The summed E-state index contributed by atoms with van der Waals surface area (Å²) in [6.07, 6.45) is 0. The number of hydrogen-bond acceptors (Lipinski definition) is 3. The van der Waals surface area contributed by atoms with Gasteiger partial charge in [-0.2, -0.15) is 0 Å². The summed E-state index contributed by atoms with van der Waals surface area (Å²) in [5.41, 5.74) is 2.12. The van der Waals surface area contributed by atoms with Crippen molar-refractivity contribution in [1.82, 2.24) is 0 Å². The van der Waals surface area contributed by atoms with Gasteiger partial charge in [-0.05, 0) is 19.1 Å². The molecular weight excluding hydrogens is 202 g/mol. The summed E-state index contributed by atoms with van der Waals surface area (Å²) < 4.78 is 4.49. The molecule has 0 bridgehead atoms.